The molecule has 0 aromatic heterocycles. The lowest BCUT2D eigenvalue weighted by molar-refractivity contribution is -0.180. The smallest absolute Gasteiger partial charge is 0.305 e. The standard InChI is InChI=1S/C25H38O6Si/c1-16(2)32(17(3)4,18(5)6)31-24-15-20(10-13-23(24)28-8)9-12-22-21(27)11-14-25(30-22)29-19(7)26/h10-11,13-18,22,25H,9,12H2,1-8H3/t22-,25?/m1/s1. The zero-order valence-electron chi connectivity index (χ0n) is 20.6. The first kappa shape index (κ1) is 26.1. The summed E-state index contributed by atoms with van der Waals surface area (Å²) < 4.78 is 23.2. The van der Waals surface area contributed by atoms with Crippen LogP contribution in [0.25, 0.3) is 0 Å². The fraction of sp³-hybridized carbons (Fsp3) is 0.600. The molecule has 7 heteroatoms. The van der Waals surface area contributed by atoms with Crippen LogP contribution in [0, 0.1) is 0 Å². The normalized spacial score (nSPS) is 19.0. The van der Waals surface area contributed by atoms with Gasteiger partial charge in [0.1, 0.15) is 11.9 Å². The van der Waals surface area contributed by atoms with Crippen molar-refractivity contribution in [2.45, 2.75) is 90.3 Å². The molecule has 0 fully saturated rings. The average molecular weight is 463 g/mol. The molecule has 0 saturated carbocycles. The summed E-state index contributed by atoms with van der Waals surface area (Å²) in [4.78, 5) is 23.4. The van der Waals surface area contributed by atoms with Crippen LogP contribution in [-0.4, -0.2) is 39.6 Å². The predicted octanol–water partition coefficient (Wildman–Crippen LogP) is 5.60. The third-order valence-corrected chi connectivity index (χ3v) is 12.2. The van der Waals surface area contributed by atoms with E-state index in [0.29, 0.717) is 29.5 Å². The van der Waals surface area contributed by atoms with E-state index in [4.69, 9.17) is 18.6 Å². The van der Waals surface area contributed by atoms with Gasteiger partial charge in [-0.15, -0.1) is 0 Å². The fourth-order valence-corrected chi connectivity index (χ4v) is 10.0. The number of rotatable bonds is 10. The second-order valence-corrected chi connectivity index (χ2v) is 14.7. The van der Waals surface area contributed by atoms with Gasteiger partial charge < -0.3 is 18.6 Å². The van der Waals surface area contributed by atoms with Crippen molar-refractivity contribution < 1.29 is 28.2 Å². The van der Waals surface area contributed by atoms with E-state index in [9.17, 15) is 9.59 Å². The number of hydrogen-bond acceptors (Lipinski definition) is 6. The molecule has 1 aromatic carbocycles. The summed E-state index contributed by atoms with van der Waals surface area (Å²) in [5, 5.41) is 0. The van der Waals surface area contributed by atoms with E-state index >= 15 is 0 Å². The van der Waals surface area contributed by atoms with E-state index in [1.165, 1.54) is 19.1 Å². The molecule has 0 bridgehead atoms. The van der Waals surface area contributed by atoms with Crippen LogP contribution in [0.3, 0.4) is 0 Å². The maximum absolute atomic E-state index is 12.2. The molecule has 1 heterocycles. The fourth-order valence-electron chi connectivity index (χ4n) is 4.79. The van der Waals surface area contributed by atoms with Crippen LogP contribution in [0.4, 0.5) is 0 Å². The topological polar surface area (TPSA) is 71.1 Å². The quantitative estimate of drug-likeness (QED) is 0.333. The van der Waals surface area contributed by atoms with E-state index < -0.39 is 26.7 Å². The van der Waals surface area contributed by atoms with E-state index in [1.807, 2.05) is 18.2 Å². The minimum atomic E-state index is -2.15. The molecule has 0 N–H and O–H groups in total. The molecule has 0 saturated heterocycles. The van der Waals surface area contributed by atoms with Gasteiger partial charge in [-0.25, -0.2) is 0 Å². The van der Waals surface area contributed by atoms with Gasteiger partial charge in [0.25, 0.3) is 8.32 Å². The SMILES string of the molecule is COc1ccc(CC[C@H]2OC(OC(C)=O)C=CC2=O)cc1O[Si](C(C)C)(C(C)C)C(C)C. The van der Waals surface area contributed by atoms with Gasteiger partial charge in [-0.3, -0.25) is 9.59 Å². The number of ether oxygens (including phenoxy) is 3. The summed E-state index contributed by atoms with van der Waals surface area (Å²) in [6.07, 6.45) is 2.53. The van der Waals surface area contributed by atoms with Crippen molar-refractivity contribution in [3.63, 3.8) is 0 Å². The Hall–Kier alpha value is -2.12. The molecule has 1 aromatic rings. The lowest BCUT2D eigenvalue weighted by atomic mass is 10.0. The van der Waals surface area contributed by atoms with E-state index in [1.54, 1.807) is 7.11 Å². The molecule has 32 heavy (non-hydrogen) atoms. The van der Waals surface area contributed by atoms with Gasteiger partial charge >= 0.3 is 5.97 Å². The summed E-state index contributed by atoms with van der Waals surface area (Å²) in [5.74, 6) is 0.916. The van der Waals surface area contributed by atoms with Crippen molar-refractivity contribution in [3.05, 3.63) is 35.9 Å². The van der Waals surface area contributed by atoms with Crippen LogP contribution in [0.15, 0.2) is 30.4 Å². The molecule has 0 radical (unpaired) electrons. The summed E-state index contributed by atoms with van der Waals surface area (Å²) in [5.41, 5.74) is 2.35. The Kier molecular flexibility index (Phi) is 9.10. The van der Waals surface area contributed by atoms with Gasteiger partial charge in [-0.1, -0.05) is 47.6 Å². The maximum Gasteiger partial charge on any atom is 0.305 e. The van der Waals surface area contributed by atoms with Gasteiger partial charge in [0.05, 0.1) is 7.11 Å². The number of benzene rings is 1. The second-order valence-electron chi connectivity index (χ2n) is 9.31. The Morgan fingerprint density at radius 1 is 1.06 bits per heavy atom. The van der Waals surface area contributed by atoms with Crippen molar-refractivity contribution >= 4 is 20.1 Å². The predicted molar refractivity (Wildman–Crippen MR) is 128 cm³/mol. The number of methoxy groups -OCH3 is 1. The Morgan fingerprint density at radius 3 is 2.22 bits per heavy atom. The van der Waals surface area contributed by atoms with Crippen LogP contribution in [-0.2, 0) is 25.5 Å². The first-order valence-electron chi connectivity index (χ1n) is 11.4. The average Bonchev–Trinajstić information content (AvgIpc) is 2.71. The number of carbonyl (C=O) groups excluding carboxylic acids is 2. The first-order valence-corrected chi connectivity index (χ1v) is 13.6. The monoisotopic (exact) mass is 462 g/mol. The molecule has 0 amide bonds. The summed E-state index contributed by atoms with van der Waals surface area (Å²) in [6.45, 7) is 14.8. The van der Waals surface area contributed by atoms with Crippen molar-refractivity contribution in [2.75, 3.05) is 7.11 Å². The highest BCUT2D eigenvalue weighted by Crippen LogP contribution is 2.45. The highest BCUT2D eigenvalue weighted by Gasteiger charge is 2.47. The van der Waals surface area contributed by atoms with Crippen molar-refractivity contribution in [1.29, 1.82) is 0 Å². The molecule has 0 spiro atoms. The van der Waals surface area contributed by atoms with Crippen molar-refractivity contribution in [2.24, 2.45) is 0 Å². The molecule has 2 rings (SSSR count). The van der Waals surface area contributed by atoms with Crippen molar-refractivity contribution in [1.82, 2.24) is 0 Å². The number of hydrogen-bond donors (Lipinski definition) is 0. The number of esters is 1. The molecule has 1 aliphatic heterocycles. The Balaban J connectivity index is 2.22. The van der Waals surface area contributed by atoms with Crippen LogP contribution in [0.2, 0.25) is 16.6 Å². The van der Waals surface area contributed by atoms with Gasteiger partial charge in [0, 0.05) is 6.92 Å². The summed E-state index contributed by atoms with van der Waals surface area (Å²) in [6, 6.07) is 5.94. The lowest BCUT2D eigenvalue weighted by Crippen LogP contribution is -2.50. The Morgan fingerprint density at radius 2 is 1.69 bits per heavy atom. The molecule has 0 aliphatic carbocycles. The van der Waals surface area contributed by atoms with Gasteiger partial charge in [0.2, 0.25) is 6.29 Å². The molecule has 1 unspecified atom stereocenters. The van der Waals surface area contributed by atoms with Gasteiger partial charge in [-0.05, 0) is 59.3 Å². The van der Waals surface area contributed by atoms with Crippen LogP contribution < -0.4 is 9.16 Å². The third kappa shape index (κ3) is 6.01. The molecule has 178 valence electrons. The zero-order chi connectivity index (χ0) is 24.1. The first-order chi connectivity index (χ1) is 15.0. The molecule has 1 aliphatic rings. The van der Waals surface area contributed by atoms with E-state index in [-0.39, 0.29) is 5.78 Å². The summed E-state index contributed by atoms with van der Waals surface area (Å²) >= 11 is 0. The second kappa shape index (κ2) is 11.1. The van der Waals surface area contributed by atoms with E-state index in [2.05, 4.69) is 41.5 Å². The van der Waals surface area contributed by atoms with Crippen LogP contribution in [0.5, 0.6) is 11.5 Å². The third-order valence-electron chi connectivity index (χ3n) is 6.23. The summed E-state index contributed by atoms with van der Waals surface area (Å²) in [7, 11) is -0.492. The molecular weight excluding hydrogens is 424 g/mol. The van der Waals surface area contributed by atoms with Gasteiger partial charge in [-0.2, -0.15) is 0 Å². The minimum Gasteiger partial charge on any atom is -0.540 e. The number of ketones is 1. The Bertz CT molecular complexity index is 808. The number of carbonyl (C=O) groups is 2. The lowest BCUT2D eigenvalue weighted by Gasteiger charge is -2.42. The molecular formula is C25H38O6Si. The van der Waals surface area contributed by atoms with Crippen LogP contribution in [0.1, 0.15) is 60.5 Å². The van der Waals surface area contributed by atoms with Gasteiger partial charge in [0.15, 0.2) is 11.5 Å². The minimum absolute atomic E-state index is 0.121. The number of aryl methyl sites for hydroxylation is 1. The molecule has 2 atom stereocenters. The highest BCUT2D eigenvalue weighted by molar-refractivity contribution is 6.78. The van der Waals surface area contributed by atoms with E-state index in [0.717, 1.165) is 17.1 Å². The largest absolute Gasteiger partial charge is 0.540 e. The van der Waals surface area contributed by atoms with Crippen molar-refractivity contribution in [3.8, 4) is 11.5 Å². The molecule has 6 nitrogen and oxygen atoms in total. The Labute approximate surface area is 193 Å². The highest BCUT2D eigenvalue weighted by atomic mass is 28.4. The maximum atomic E-state index is 12.2. The zero-order valence-corrected chi connectivity index (χ0v) is 21.6. The van der Waals surface area contributed by atoms with Crippen LogP contribution >= 0.6 is 0 Å².